The molecular weight excluding hydrogens is 396 g/mol. The third-order valence-electron chi connectivity index (χ3n) is 5.70. The first kappa shape index (κ1) is 20.9. The molecule has 0 aromatic heterocycles. The average molecular weight is 425 g/mol. The largest absolute Gasteiger partial charge is 0.381 e. The lowest BCUT2D eigenvalue weighted by Crippen LogP contribution is -2.30. The molecule has 2 N–H and O–H groups in total. The van der Waals surface area contributed by atoms with Crippen LogP contribution in [-0.4, -0.2) is 30.3 Å². The Bertz CT molecular complexity index is 896. The highest BCUT2D eigenvalue weighted by atomic mass is 32.2. The minimum Gasteiger partial charge on any atom is -0.381 e. The highest BCUT2D eigenvalue weighted by molar-refractivity contribution is 7.99. The van der Waals surface area contributed by atoms with E-state index in [0.717, 1.165) is 48.7 Å². The van der Waals surface area contributed by atoms with Crippen LogP contribution in [0.25, 0.3) is 0 Å². The number of fused-ring (bicyclic) bond motifs is 1. The van der Waals surface area contributed by atoms with Gasteiger partial charge in [-0.15, -0.1) is 0 Å². The molecule has 1 unspecified atom stereocenters. The molecule has 2 heterocycles. The Morgan fingerprint density at radius 1 is 1.13 bits per heavy atom. The Labute approximate surface area is 182 Å². The van der Waals surface area contributed by atoms with E-state index in [9.17, 15) is 9.59 Å². The van der Waals surface area contributed by atoms with Crippen molar-refractivity contribution in [3.05, 3.63) is 59.7 Å². The molecule has 2 aromatic rings. The minimum atomic E-state index is -0.159. The van der Waals surface area contributed by atoms with Crippen molar-refractivity contribution in [2.45, 2.75) is 43.1 Å². The van der Waals surface area contributed by atoms with E-state index in [1.165, 1.54) is 5.56 Å². The lowest BCUT2D eigenvalue weighted by molar-refractivity contribution is -0.121. The molecule has 2 amide bonds. The summed E-state index contributed by atoms with van der Waals surface area (Å²) in [5, 5.41) is 6.60. The second-order valence-corrected chi connectivity index (χ2v) is 9.25. The van der Waals surface area contributed by atoms with Crippen LogP contribution in [-0.2, 0) is 26.5 Å². The molecule has 0 aliphatic carbocycles. The van der Waals surface area contributed by atoms with Gasteiger partial charge >= 0.3 is 0 Å². The van der Waals surface area contributed by atoms with Crippen molar-refractivity contribution in [1.29, 1.82) is 0 Å². The van der Waals surface area contributed by atoms with Gasteiger partial charge in [0.05, 0.1) is 0 Å². The normalized spacial score (nSPS) is 19.1. The molecule has 0 spiro atoms. The summed E-state index contributed by atoms with van der Waals surface area (Å²) in [6, 6.07) is 15.9. The van der Waals surface area contributed by atoms with Crippen molar-refractivity contribution in [3.8, 4) is 0 Å². The number of hydrogen-bond acceptors (Lipinski definition) is 4. The fourth-order valence-electron chi connectivity index (χ4n) is 3.97. The molecule has 0 radical (unpaired) electrons. The fourth-order valence-corrected chi connectivity index (χ4v) is 5.10. The summed E-state index contributed by atoms with van der Waals surface area (Å²) in [6.07, 6.45) is 3.79. The van der Waals surface area contributed by atoms with Crippen molar-refractivity contribution in [2.24, 2.45) is 5.92 Å². The molecule has 6 heteroatoms. The van der Waals surface area contributed by atoms with Crippen LogP contribution in [0.3, 0.4) is 0 Å². The number of benzene rings is 2. The number of amides is 2. The van der Waals surface area contributed by atoms with Gasteiger partial charge in [0.1, 0.15) is 0 Å². The van der Waals surface area contributed by atoms with Gasteiger partial charge in [0.2, 0.25) is 11.8 Å². The SMILES string of the molecule is O=C(CCC1Cc2ccccc2NC1=O)Nc1cccc(CSC2CCOCC2)c1. The van der Waals surface area contributed by atoms with E-state index in [1.54, 1.807) is 0 Å². The summed E-state index contributed by atoms with van der Waals surface area (Å²) in [7, 11) is 0. The first-order chi connectivity index (χ1) is 14.7. The third-order valence-corrected chi connectivity index (χ3v) is 7.14. The zero-order valence-corrected chi connectivity index (χ0v) is 17.9. The van der Waals surface area contributed by atoms with Gasteiger partial charge in [0, 0.05) is 47.9 Å². The Balaban J connectivity index is 1.25. The molecule has 0 saturated carbocycles. The topological polar surface area (TPSA) is 67.4 Å². The van der Waals surface area contributed by atoms with Gasteiger partial charge in [-0.05, 0) is 55.0 Å². The first-order valence-electron chi connectivity index (χ1n) is 10.6. The second-order valence-electron chi connectivity index (χ2n) is 7.96. The number of carbonyl (C=O) groups excluding carboxylic acids is 2. The highest BCUT2D eigenvalue weighted by Gasteiger charge is 2.26. The molecule has 1 saturated heterocycles. The van der Waals surface area contributed by atoms with Crippen LogP contribution < -0.4 is 10.6 Å². The average Bonchev–Trinajstić information content (AvgIpc) is 2.77. The number of hydrogen-bond donors (Lipinski definition) is 2. The fraction of sp³-hybridized carbons (Fsp3) is 0.417. The van der Waals surface area contributed by atoms with Gasteiger partial charge in [-0.1, -0.05) is 30.3 Å². The van der Waals surface area contributed by atoms with Crippen LogP contribution in [0.2, 0.25) is 0 Å². The van der Waals surface area contributed by atoms with Crippen LogP contribution in [0.4, 0.5) is 11.4 Å². The summed E-state index contributed by atoms with van der Waals surface area (Å²) in [5.41, 5.74) is 4.06. The van der Waals surface area contributed by atoms with Gasteiger partial charge in [-0.25, -0.2) is 0 Å². The molecule has 4 rings (SSSR count). The Hall–Kier alpha value is -2.31. The van der Waals surface area contributed by atoms with E-state index in [0.29, 0.717) is 24.5 Å². The highest BCUT2D eigenvalue weighted by Crippen LogP contribution is 2.28. The van der Waals surface area contributed by atoms with Crippen LogP contribution in [0.15, 0.2) is 48.5 Å². The molecule has 1 atom stereocenters. The number of nitrogens with one attached hydrogen (secondary N) is 2. The van der Waals surface area contributed by atoms with Crippen molar-refractivity contribution in [2.75, 3.05) is 23.8 Å². The maximum absolute atomic E-state index is 12.5. The third kappa shape index (κ3) is 5.64. The van der Waals surface area contributed by atoms with Crippen molar-refractivity contribution in [1.82, 2.24) is 0 Å². The molecular formula is C24H28N2O3S. The smallest absolute Gasteiger partial charge is 0.227 e. The number of anilines is 2. The molecule has 158 valence electrons. The number of para-hydroxylation sites is 1. The Morgan fingerprint density at radius 2 is 1.97 bits per heavy atom. The first-order valence-corrected chi connectivity index (χ1v) is 11.7. The standard InChI is InChI=1S/C24H28N2O3S/c27-23(9-8-19-15-18-5-1-2-7-22(18)26-24(19)28)25-20-6-3-4-17(14-20)16-30-21-10-12-29-13-11-21/h1-7,14,19,21H,8-13,15-16H2,(H,25,27)(H,26,28). The van der Waals surface area contributed by atoms with Crippen molar-refractivity contribution >= 4 is 35.0 Å². The van der Waals surface area contributed by atoms with Crippen LogP contribution >= 0.6 is 11.8 Å². The lowest BCUT2D eigenvalue weighted by atomic mass is 9.89. The van der Waals surface area contributed by atoms with Gasteiger partial charge in [0.15, 0.2) is 0 Å². The molecule has 2 aromatic carbocycles. The number of thioether (sulfide) groups is 1. The monoisotopic (exact) mass is 424 g/mol. The minimum absolute atomic E-state index is 0.00800. The van der Waals surface area contributed by atoms with E-state index < -0.39 is 0 Å². The van der Waals surface area contributed by atoms with Crippen molar-refractivity contribution < 1.29 is 14.3 Å². The van der Waals surface area contributed by atoms with E-state index >= 15 is 0 Å². The predicted octanol–water partition coefficient (Wildman–Crippen LogP) is 4.63. The molecule has 1 fully saturated rings. The van der Waals surface area contributed by atoms with Crippen LogP contribution in [0.5, 0.6) is 0 Å². The van der Waals surface area contributed by atoms with Crippen LogP contribution in [0.1, 0.15) is 36.8 Å². The van der Waals surface area contributed by atoms with Gasteiger partial charge in [0.25, 0.3) is 0 Å². The van der Waals surface area contributed by atoms with Crippen molar-refractivity contribution in [3.63, 3.8) is 0 Å². The lowest BCUT2D eigenvalue weighted by Gasteiger charge is -2.24. The van der Waals surface area contributed by atoms with E-state index in [-0.39, 0.29) is 17.7 Å². The molecule has 0 bridgehead atoms. The molecule has 5 nitrogen and oxygen atoms in total. The summed E-state index contributed by atoms with van der Waals surface area (Å²) in [5.74, 6) is 0.744. The molecule has 2 aliphatic heterocycles. The number of rotatable bonds is 7. The summed E-state index contributed by atoms with van der Waals surface area (Å²) in [4.78, 5) is 24.8. The molecule has 30 heavy (non-hydrogen) atoms. The maximum Gasteiger partial charge on any atom is 0.227 e. The summed E-state index contributed by atoms with van der Waals surface area (Å²) < 4.78 is 5.42. The Kier molecular flexibility index (Phi) is 7.07. The van der Waals surface area contributed by atoms with E-state index in [1.807, 2.05) is 54.2 Å². The van der Waals surface area contributed by atoms with Crippen LogP contribution in [0, 0.1) is 5.92 Å². The zero-order chi connectivity index (χ0) is 20.8. The zero-order valence-electron chi connectivity index (χ0n) is 17.1. The van der Waals surface area contributed by atoms with Gasteiger partial charge in [-0.2, -0.15) is 11.8 Å². The number of ether oxygens (including phenoxy) is 1. The molecule has 2 aliphatic rings. The summed E-state index contributed by atoms with van der Waals surface area (Å²) in [6.45, 7) is 1.72. The van der Waals surface area contributed by atoms with Gasteiger partial charge in [-0.3, -0.25) is 9.59 Å². The second kappa shape index (κ2) is 10.1. The predicted molar refractivity (Wildman–Crippen MR) is 122 cm³/mol. The Morgan fingerprint density at radius 3 is 2.83 bits per heavy atom. The number of carbonyl (C=O) groups is 2. The van der Waals surface area contributed by atoms with E-state index in [4.69, 9.17) is 4.74 Å². The maximum atomic E-state index is 12.5. The quantitative estimate of drug-likeness (QED) is 0.680. The van der Waals surface area contributed by atoms with Gasteiger partial charge < -0.3 is 15.4 Å². The van der Waals surface area contributed by atoms with E-state index in [2.05, 4.69) is 16.7 Å². The summed E-state index contributed by atoms with van der Waals surface area (Å²) >= 11 is 1.96.